The van der Waals surface area contributed by atoms with Gasteiger partial charge in [-0.2, -0.15) is 10.2 Å². The Balaban J connectivity index is 1.28. The van der Waals surface area contributed by atoms with Crippen molar-refractivity contribution in [3.8, 4) is 0 Å². The number of aromatic nitrogens is 4. The Hall–Kier alpha value is -4.46. The van der Waals surface area contributed by atoms with Gasteiger partial charge >= 0.3 is 5.69 Å². The lowest BCUT2D eigenvalue weighted by Crippen LogP contribution is -2.67. The highest BCUT2D eigenvalue weighted by Crippen LogP contribution is 2.80. The van der Waals surface area contributed by atoms with Crippen molar-refractivity contribution < 1.29 is 0 Å². The summed E-state index contributed by atoms with van der Waals surface area (Å²) in [5.74, 6) is 1.52. The lowest BCUT2D eigenvalue weighted by atomic mass is 9.42. The SMILES string of the molecule is O=c1[nH]c2c(c(=O)[nH]1)[C@@H]1c3ccccc3[C@H]2[C@H]2C[C@@H]1[C@H]1[C@@H]2[C@@]2(c3ccccn3)N=N[C@]1(c1ccccn1)[C@H]1[C@@H]2[C@@H]2C=C[C@H]1C2. The van der Waals surface area contributed by atoms with Gasteiger partial charge in [0.15, 0.2) is 0 Å². The van der Waals surface area contributed by atoms with Gasteiger partial charge in [0, 0.05) is 59.2 Å². The van der Waals surface area contributed by atoms with Gasteiger partial charge < -0.3 is 4.98 Å². The maximum absolute atomic E-state index is 13.8. The molecule has 3 aromatic heterocycles. The van der Waals surface area contributed by atoms with Crippen molar-refractivity contribution in [2.45, 2.75) is 35.8 Å². The van der Waals surface area contributed by atoms with Gasteiger partial charge in [0.2, 0.25) is 0 Å². The topological polar surface area (TPSA) is 116 Å². The fraction of sp³-hybridized carbons (Fsp3) is 0.389. The van der Waals surface area contributed by atoms with E-state index in [1.807, 2.05) is 24.5 Å². The number of pyridine rings is 2. The number of hydrogen-bond acceptors (Lipinski definition) is 6. The van der Waals surface area contributed by atoms with Crippen molar-refractivity contribution in [3.05, 3.63) is 140 Å². The van der Waals surface area contributed by atoms with E-state index in [4.69, 9.17) is 20.2 Å². The Kier molecular flexibility index (Phi) is 4.23. The standard InChI is InChI=1S/C36H30N6O2/c43-33-27-25-19-7-1-2-8-20(19)26(32(27)39-34(44)40-33)22-16-21(25)30-31(22)36(24-10-4-6-14-38-24)29-18-12-11-17(15-18)28(29)35(30,41-42-36)23-9-3-5-13-37-23/h1-14,17-18,21-22,25-26,28-31H,15-16H2,(H2,39,40,43,44)/t17-,18+,21-,22+,25+,26-,28+,29-,30-,31+,35+,36-/m0/s1. The molecule has 3 saturated carbocycles. The van der Waals surface area contributed by atoms with Crippen molar-refractivity contribution in [1.29, 1.82) is 0 Å². The minimum absolute atomic E-state index is 0.108. The zero-order chi connectivity index (χ0) is 28.9. The van der Waals surface area contributed by atoms with Gasteiger partial charge in [-0.1, -0.05) is 48.6 Å². The van der Waals surface area contributed by atoms with E-state index >= 15 is 0 Å². The van der Waals surface area contributed by atoms with Gasteiger partial charge in [0.05, 0.1) is 11.4 Å². The number of fused-ring (bicyclic) bond motifs is 2. The average molecular weight is 579 g/mol. The summed E-state index contributed by atoms with van der Waals surface area (Å²) in [4.78, 5) is 42.6. The van der Waals surface area contributed by atoms with Crippen LogP contribution in [0.4, 0.5) is 0 Å². The molecular formula is C36H30N6O2. The van der Waals surface area contributed by atoms with Gasteiger partial charge in [-0.05, 0) is 71.9 Å². The lowest BCUT2D eigenvalue weighted by Gasteiger charge is -2.65. The fourth-order valence-corrected chi connectivity index (χ4v) is 12.3. The number of H-pyrrole nitrogens is 2. The minimum Gasteiger partial charge on any atom is -0.310 e. The molecule has 216 valence electrons. The fourth-order valence-electron chi connectivity index (χ4n) is 12.3. The molecule has 0 unspecified atom stereocenters. The van der Waals surface area contributed by atoms with E-state index in [0.29, 0.717) is 11.8 Å². The maximum atomic E-state index is 13.8. The summed E-state index contributed by atoms with van der Waals surface area (Å²) in [6, 6.07) is 21.1. The zero-order valence-electron chi connectivity index (χ0n) is 23.9. The number of aromatic amines is 2. The number of nitrogens with one attached hydrogen (secondary N) is 2. The Morgan fingerprint density at radius 2 is 1.20 bits per heavy atom. The second-order valence-corrected chi connectivity index (χ2v) is 14.2. The van der Waals surface area contributed by atoms with Crippen LogP contribution in [0.3, 0.4) is 0 Å². The molecule has 0 saturated heterocycles. The summed E-state index contributed by atoms with van der Waals surface area (Å²) in [5, 5.41) is 11.0. The molecule has 8 bridgehead atoms. The molecule has 13 rings (SSSR count). The summed E-state index contributed by atoms with van der Waals surface area (Å²) < 4.78 is 0. The van der Waals surface area contributed by atoms with Crippen molar-refractivity contribution in [2.24, 2.45) is 57.6 Å². The molecule has 2 aliphatic heterocycles. The van der Waals surface area contributed by atoms with E-state index in [2.05, 4.69) is 70.7 Å². The van der Waals surface area contributed by atoms with Crippen LogP contribution in [0.15, 0.2) is 105 Å². The highest BCUT2D eigenvalue weighted by Gasteiger charge is 2.81. The first kappa shape index (κ1) is 23.9. The third-order valence-corrected chi connectivity index (χ3v) is 13.0. The smallest absolute Gasteiger partial charge is 0.310 e. The maximum Gasteiger partial charge on any atom is 0.325 e. The number of benzene rings is 1. The van der Waals surface area contributed by atoms with Crippen LogP contribution in [-0.2, 0) is 11.1 Å². The van der Waals surface area contributed by atoms with Crippen LogP contribution >= 0.6 is 0 Å². The molecule has 0 spiro atoms. The van der Waals surface area contributed by atoms with Crippen molar-refractivity contribution in [3.63, 3.8) is 0 Å². The number of nitrogens with zero attached hydrogens (tertiary/aromatic N) is 4. The van der Waals surface area contributed by atoms with Crippen molar-refractivity contribution >= 4 is 0 Å². The normalized spacial score (nSPS) is 42.1. The van der Waals surface area contributed by atoms with Crippen LogP contribution < -0.4 is 11.2 Å². The van der Waals surface area contributed by atoms with Crippen molar-refractivity contribution in [1.82, 2.24) is 19.9 Å². The van der Waals surface area contributed by atoms with E-state index in [9.17, 15) is 9.59 Å². The third-order valence-electron chi connectivity index (χ3n) is 13.0. The second kappa shape index (κ2) is 7.78. The molecular weight excluding hydrogens is 548 g/mol. The van der Waals surface area contributed by atoms with Crippen LogP contribution in [0.1, 0.15) is 58.4 Å². The van der Waals surface area contributed by atoms with E-state index in [0.717, 1.165) is 35.5 Å². The van der Waals surface area contributed by atoms with Crippen LogP contribution in [0, 0.1) is 47.3 Å². The Labute approximate surface area is 252 Å². The van der Waals surface area contributed by atoms with Crippen LogP contribution in [-0.4, -0.2) is 19.9 Å². The predicted molar refractivity (Wildman–Crippen MR) is 161 cm³/mol. The molecule has 3 fully saturated rings. The summed E-state index contributed by atoms with van der Waals surface area (Å²) in [5.41, 5.74) is 4.15. The first-order valence-electron chi connectivity index (χ1n) is 16.0. The first-order valence-corrected chi connectivity index (χ1v) is 16.0. The molecule has 12 atom stereocenters. The lowest BCUT2D eigenvalue weighted by molar-refractivity contribution is -0.124. The predicted octanol–water partition coefficient (Wildman–Crippen LogP) is 5.02. The Morgan fingerprint density at radius 3 is 1.80 bits per heavy atom. The highest BCUT2D eigenvalue weighted by molar-refractivity contribution is 5.55. The van der Waals surface area contributed by atoms with E-state index in [1.165, 1.54) is 11.1 Å². The number of hydrogen-bond donors (Lipinski definition) is 2. The summed E-state index contributed by atoms with van der Waals surface area (Å²) in [7, 11) is 0. The molecule has 8 nitrogen and oxygen atoms in total. The highest BCUT2D eigenvalue weighted by atomic mass is 16.2. The average Bonchev–Trinajstić information content (AvgIpc) is 3.76. The van der Waals surface area contributed by atoms with Crippen LogP contribution in [0.25, 0.3) is 0 Å². The molecule has 8 heteroatoms. The van der Waals surface area contributed by atoms with E-state index < -0.39 is 16.8 Å². The second-order valence-electron chi connectivity index (χ2n) is 14.2. The number of rotatable bonds is 2. The van der Waals surface area contributed by atoms with Gasteiger partial charge in [-0.3, -0.25) is 19.7 Å². The number of azo groups is 1. The number of allylic oxidation sites excluding steroid dienone is 2. The molecule has 9 aliphatic rings. The Morgan fingerprint density at radius 1 is 0.636 bits per heavy atom. The summed E-state index contributed by atoms with van der Waals surface area (Å²) >= 11 is 0. The first-order chi connectivity index (χ1) is 21.6. The summed E-state index contributed by atoms with van der Waals surface area (Å²) in [6.07, 6.45) is 10.7. The molecule has 7 aliphatic carbocycles. The quantitative estimate of drug-likeness (QED) is 0.325. The van der Waals surface area contributed by atoms with E-state index in [-0.39, 0.29) is 52.9 Å². The van der Waals surface area contributed by atoms with Gasteiger partial charge in [0.1, 0.15) is 11.1 Å². The van der Waals surface area contributed by atoms with Gasteiger partial charge in [-0.25, -0.2) is 4.79 Å². The van der Waals surface area contributed by atoms with Gasteiger partial charge in [0.25, 0.3) is 5.56 Å². The molecule has 0 radical (unpaired) electrons. The largest absolute Gasteiger partial charge is 0.325 e. The van der Waals surface area contributed by atoms with E-state index in [1.54, 1.807) is 0 Å². The zero-order valence-corrected chi connectivity index (χ0v) is 23.9. The summed E-state index contributed by atoms with van der Waals surface area (Å²) in [6.45, 7) is 0. The third kappa shape index (κ3) is 2.47. The Bertz CT molecular complexity index is 2070. The molecule has 44 heavy (non-hydrogen) atoms. The van der Waals surface area contributed by atoms with Crippen LogP contribution in [0.2, 0.25) is 0 Å². The molecule has 1 aromatic carbocycles. The minimum atomic E-state index is -0.599. The molecule has 5 heterocycles. The molecule has 2 N–H and O–H groups in total. The van der Waals surface area contributed by atoms with Crippen molar-refractivity contribution in [2.75, 3.05) is 0 Å². The van der Waals surface area contributed by atoms with Crippen LogP contribution in [0.5, 0.6) is 0 Å². The van der Waals surface area contributed by atoms with Gasteiger partial charge in [-0.15, -0.1) is 0 Å². The molecule has 0 amide bonds. The monoisotopic (exact) mass is 578 g/mol. The molecule has 4 aromatic rings.